The van der Waals surface area contributed by atoms with E-state index in [1.54, 1.807) is 22.8 Å². The highest BCUT2D eigenvalue weighted by Crippen LogP contribution is 2.19. The smallest absolute Gasteiger partial charge is 0.341 e. The van der Waals surface area contributed by atoms with E-state index in [0.29, 0.717) is 12.5 Å². The Labute approximate surface area is 120 Å². The first-order valence-electron chi connectivity index (χ1n) is 6.27. The second-order valence-electron chi connectivity index (χ2n) is 4.96. The van der Waals surface area contributed by atoms with Crippen LogP contribution in [-0.2, 0) is 6.54 Å². The fourth-order valence-electron chi connectivity index (χ4n) is 1.84. The Morgan fingerprint density at radius 3 is 2.75 bits per heavy atom. The van der Waals surface area contributed by atoms with Gasteiger partial charge in [-0.1, -0.05) is 13.8 Å². The van der Waals surface area contributed by atoms with E-state index in [0.717, 1.165) is 16.4 Å². The molecule has 0 aliphatic rings. The lowest BCUT2D eigenvalue weighted by molar-refractivity contribution is 0.0694. The van der Waals surface area contributed by atoms with Crippen molar-refractivity contribution in [3.05, 3.63) is 49.8 Å². The van der Waals surface area contributed by atoms with Crippen LogP contribution in [0.1, 0.15) is 46.5 Å². The third kappa shape index (κ3) is 2.96. The van der Waals surface area contributed by atoms with Crippen LogP contribution in [0.25, 0.3) is 0 Å². The third-order valence-corrected chi connectivity index (χ3v) is 4.16. The van der Waals surface area contributed by atoms with Crippen molar-refractivity contribution in [1.82, 2.24) is 9.55 Å². The summed E-state index contributed by atoms with van der Waals surface area (Å²) in [5, 5.41) is 12.0. The number of thiazole rings is 1. The molecule has 0 aromatic carbocycles. The first kappa shape index (κ1) is 14.5. The highest BCUT2D eigenvalue weighted by atomic mass is 32.1. The van der Waals surface area contributed by atoms with Gasteiger partial charge in [0.1, 0.15) is 5.56 Å². The largest absolute Gasteiger partial charge is 0.477 e. The Hall–Kier alpha value is -1.95. The summed E-state index contributed by atoms with van der Waals surface area (Å²) in [7, 11) is 0. The van der Waals surface area contributed by atoms with Crippen molar-refractivity contribution < 1.29 is 9.90 Å². The molecule has 0 radical (unpaired) electrons. The molecule has 0 atom stereocenters. The predicted octanol–water partition coefficient (Wildman–Crippen LogP) is 2.48. The highest BCUT2D eigenvalue weighted by Gasteiger charge is 2.12. The quantitative estimate of drug-likeness (QED) is 0.939. The number of rotatable bonds is 4. The molecule has 0 spiro atoms. The molecule has 0 bridgehead atoms. The van der Waals surface area contributed by atoms with Crippen molar-refractivity contribution >= 4 is 17.3 Å². The third-order valence-electron chi connectivity index (χ3n) is 2.97. The van der Waals surface area contributed by atoms with E-state index < -0.39 is 11.4 Å². The van der Waals surface area contributed by atoms with E-state index in [4.69, 9.17) is 5.11 Å². The van der Waals surface area contributed by atoms with E-state index >= 15 is 0 Å². The molecule has 0 amide bonds. The van der Waals surface area contributed by atoms with Gasteiger partial charge in [-0.2, -0.15) is 0 Å². The maximum absolute atomic E-state index is 11.6. The number of hydrogen-bond donors (Lipinski definition) is 1. The zero-order valence-corrected chi connectivity index (χ0v) is 12.4. The average Bonchev–Trinajstić information content (AvgIpc) is 2.80. The van der Waals surface area contributed by atoms with Crippen molar-refractivity contribution in [3.8, 4) is 0 Å². The van der Waals surface area contributed by atoms with Crippen LogP contribution in [0.3, 0.4) is 0 Å². The molecule has 20 heavy (non-hydrogen) atoms. The van der Waals surface area contributed by atoms with Gasteiger partial charge in [-0.15, -0.1) is 11.3 Å². The number of aromatic nitrogens is 2. The van der Waals surface area contributed by atoms with Gasteiger partial charge in [0.2, 0.25) is 0 Å². The van der Waals surface area contributed by atoms with E-state index in [-0.39, 0.29) is 5.56 Å². The molecular weight excluding hydrogens is 276 g/mol. The van der Waals surface area contributed by atoms with Crippen LogP contribution in [0.2, 0.25) is 0 Å². The van der Waals surface area contributed by atoms with Crippen molar-refractivity contribution in [1.29, 1.82) is 0 Å². The van der Waals surface area contributed by atoms with Crippen LogP contribution in [0.5, 0.6) is 0 Å². The molecule has 0 aliphatic heterocycles. The lowest BCUT2D eigenvalue weighted by Gasteiger charge is -2.09. The van der Waals surface area contributed by atoms with Gasteiger partial charge in [-0.25, -0.2) is 9.78 Å². The number of carboxylic acids is 1. The number of hydrogen-bond acceptors (Lipinski definition) is 4. The molecule has 0 saturated heterocycles. The minimum Gasteiger partial charge on any atom is -0.477 e. The van der Waals surface area contributed by atoms with Gasteiger partial charge >= 0.3 is 5.97 Å². The van der Waals surface area contributed by atoms with Gasteiger partial charge in [-0.3, -0.25) is 4.79 Å². The fraction of sp³-hybridized carbons (Fsp3) is 0.357. The van der Waals surface area contributed by atoms with E-state index in [1.807, 2.05) is 5.38 Å². The fourth-order valence-corrected chi connectivity index (χ4v) is 2.66. The molecule has 2 rings (SSSR count). The Bertz CT molecular complexity index is 701. The van der Waals surface area contributed by atoms with Crippen LogP contribution < -0.4 is 5.43 Å². The van der Waals surface area contributed by atoms with Crippen molar-refractivity contribution in [3.63, 3.8) is 0 Å². The van der Waals surface area contributed by atoms with E-state index in [9.17, 15) is 9.59 Å². The highest BCUT2D eigenvalue weighted by molar-refractivity contribution is 7.09. The number of aryl methyl sites for hydroxylation is 1. The minimum atomic E-state index is -1.20. The summed E-state index contributed by atoms with van der Waals surface area (Å²) in [6.45, 7) is 6.41. The van der Waals surface area contributed by atoms with Gasteiger partial charge in [0.05, 0.1) is 17.2 Å². The van der Waals surface area contributed by atoms with Gasteiger partial charge in [-0.05, 0) is 6.92 Å². The van der Waals surface area contributed by atoms with Crippen LogP contribution in [0.15, 0.2) is 22.4 Å². The second kappa shape index (κ2) is 5.58. The molecule has 0 fully saturated rings. The minimum absolute atomic E-state index is 0.213. The maximum atomic E-state index is 11.6. The molecule has 1 N–H and O–H groups in total. The number of carbonyl (C=O) groups is 1. The summed E-state index contributed by atoms with van der Waals surface area (Å²) < 4.78 is 1.74. The van der Waals surface area contributed by atoms with Crippen molar-refractivity contribution in [2.75, 3.05) is 0 Å². The Morgan fingerprint density at radius 1 is 1.50 bits per heavy atom. The van der Waals surface area contributed by atoms with Crippen molar-refractivity contribution in [2.45, 2.75) is 33.2 Å². The van der Waals surface area contributed by atoms with Gasteiger partial charge in [0.15, 0.2) is 5.43 Å². The summed E-state index contributed by atoms with van der Waals surface area (Å²) in [4.78, 5) is 27.1. The topological polar surface area (TPSA) is 72.2 Å². The summed E-state index contributed by atoms with van der Waals surface area (Å²) in [5.41, 5.74) is 0.920. The van der Waals surface area contributed by atoms with Crippen LogP contribution in [-0.4, -0.2) is 20.6 Å². The molecule has 0 aliphatic carbocycles. The molecule has 5 nitrogen and oxygen atoms in total. The molecule has 0 unspecified atom stereocenters. The zero-order valence-electron chi connectivity index (χ0n) is 11.6. The normalized spacial score (nSPS) is 11.0. The first-order chi connectivity index (χ1) is 9.38. The number of nitrogens with zero attached hydrogens (tertiary/aromatic N) is 2. The van der Waals surface area contributed by atoms with Crippen LogP contribution in [0, 0.1) is 6.92 Å². The molecular formula is C14H16N2O3S. The Balaban J connectivity index is 2.35. The summed E-state index contributed by atoms with van der Waals surface area (Å²) in [6, 6.07) is 1.35. The SMILES string of the molecule is Cc1cc(=O)c(C(=O)O)cn1Cc1csc(C(C)C)n1. The standard InChI is InChI=1S/C14H16N2O3S/c1-8(2)13-15-10(7-20-13)5-16-6-11(14(18)19)12(17)4-9(16)3/h4,6-8H,5H2,1-3H3,(H,18,19). The van der Waals surface area contributed by atoms with Gasteiger partial charge < -0.3 is 9.67 Å². The van der Waals surface area contributed by atoms with Crippen LogP contribution in [0.4, 0.5) is 0 Å². The molecule has 106 valence electrons. The second-order valence-corrected chi connectivity index (χ2v) is 5.85. The monoisotopic (exact) mass is 292 g/mol. The van der Waals surface area contributed by atoms with E-state index in [1.165, 1.54) is 12.3 Å². The number of carboxylic acid groups (broad SMARTS) is 1. The zero-order chi connectivity index (χ0) is 14.9. The molecule has 2 heterocycles. The molecule has 2 aromatic heterocycles. The molecule has 0 saturated carbocycles. The van der Waals surface area contributed by atoms with Gasteiger partial charge in [0, 0.05) is 29.3 Å². The lowest BCUT2D eigenvalue weighted by Crippen LogP contribution is -2.19. The number of pyridine rings is 1. The first-order valence-corrected chi connectivity index (χ1v) is 7.15. The molecule has 2 aromatic rings. The molecule has 6 heteroatoms. The van der Waals surface area contributed by atoms with Crippen LogP contribution >= 0.6 is 11.3 Å². The summed E-state index contributed by atoms with van der Waals surface area (Å²) in [6.07, 6.45) is 1.38. The van der Waals surface area contributed by atoms with Crippen molar-refractivity contribution in [2.24, 2.45) is 0 Å². The lowest BCUT2D eigenvalue weighted by atomic mass is 10.2. The summed E-state index contributed by atoms with van der Waals surface area (Å²) >= 11 is 1.59. The summed E-state index contributed by atoms with van der Waals surface area (Å²) in [5.74, 6) is -0.830. The maximum Gasteiger partial charge on any atom is 0.341 e. The van der Waals surface area contributed by atoms with Gasteiger partial charge in [0.25, 0.3) is 0 Å². The average molecular weight is 292 g/mol. The van der Waals surface area contributed by atoms with E-state index in [2.05, 4.69) is 18.8 Å². The Kier molecular flexibility index (Phi) is 4.04. The Morgan fingerprint density at radius 2 is 2.20 bits per heavy atom. The number of aromatic carboxylic acids is 1. The predicted molar refractivity (Wildman–Crippen MR) is 77.7 cm³/mol.